The van der Waals surface area contributed by atoms with Gasteiger partial charge in [-0.1, -0.05) is 42.4 Å². The lowest BCUT2D eigenvalue weighted by Gasteiger charge is -2.34. The first-order valence-corrected chi connectivity index (χ1v) is 17.7. The number of amides is 1. The Morgan fingerprint density at radius 2 is 1.67 bits per heavy atom. The van der Waals surface area contributed by atoms with Gasteiger partial charge in [-0.2, -0.15) is 9.97 Å². The Morgan fingerprint density at radius 3 is 2.38 bits per heavy atom. The smallest absolute Gasteiger partial charge is 0.425 e. The van der Waals surface area contributed by atoms with Crippen LogP contribution in [0.4, 0.5) is 32.3 Å². The normalized spacial score (nSPS) is 13.6. The number of para-hydroxylation sites is 1. The van der Waals surface area contributed by atoms with Crippen LogP contribution < -0.4 is 19.7 Å². The third-order valence-corrected chi connectivity index (χ3v) is 8.87. The molecule has 1 aliphatic heterocycles. The summed E-state index contributed by atoms with van der Waals surface area (Å²) in [6, 6.07) is 19.5. The van der Waals surface area contributed by atoms with Crippen LogP contribution in [0.1, 0.15) is 41.8 Å². The van der Waals surface area contributed by atoms with Crippen LogP contribution in [0.15, 0.2) is 77.4 Å². The summed E-state index contributed by atoms with van der Waals surface area (Å²) in [5.41, 5.74) is 3.55. The number of ether oxygens (including phenoxy) is 2. The van der Waals surface area contributed by atoms with Gasteiger partial charge in [-0.05, 0) is 81.1 Å². The number of carbonyl (C=O) groups is 1. The van der Waals surface area contributed by atoms with Crippen molar-refractivity contribution in [2.45, 2.75) is 47.0 Å². The fourth-order valence-corrected chi connectivity index (χ4v) is 6.16. The van der Waals surface area contributed by atoms with Crippen molar-refractivity contribution in [1.82, 2.24) is 29.9 Å². The highest BCUT2D eigenvalue weighted by Gasteiger charge is 2.24. The number of carbonyl (C=O) groups excluding carboxylic acids is 1. The van der Waals surface area contributed by atoms with Gasteiger partial charge in [0, 0.05) is 63.2 Å². The van der Waals surface area contributed by atoms with Crippen LogP contribution in [-0.2, 0) is 12.8 Å². The molecule has 1 saturated heterocycles. The van der Waals surface area contributed by atoms with E-state index in [2.05, 4.69) is 42.1 Å². The van der Waals surface area contributed by atoms with E-state index in [0.29, 0.717) is 48.3 Å². The number of hydrogen-bond donors (Lipinski definition) is 1. The summed E-state index contributed by atoms with van der Waals surface area (Å²) in [5, 5.41) is 6.93. The van der Waals surface area contributed by atoms with Gasteiger partial charge in [0.05, 0.1) is 5.69 Å². The second kappa shape index (κ2) is 17.2. The average molecular weight is 709 g/mol. The Hall–Kier alpha value is -5.40. The molecule has 3 heterocycles. The monoisotopic (exact) mass is 708 g/mol. The first kappa shape index (κ1) is 36.4. The summed E-state index contributed by atoms with van der Waals surface area (Å²) in [7, 11) is 0. The molecule has 1 N–H and O–H groups in total. The molecule has 0 atom stereocenters. The molecule has 1 aliphatic rings. The average Bonchev–Trinajstić information content (AvgIpc) is 3.56. The number of nitrogens with zero attached hydrogens (tertiary/aromatic N) is 7. The molecular weight excluding hydrogens is 663 g/mol. The van der Waals surface area contributed by atoms with Crippen molar-refractivity contribution < 1.29 is 23.2 Å². The molecule has 0 bridgehead atoms. The number of halogens is 1. The molecule has 13 heteroatoms. The van der Waals surface area contributed by atoms with Gasteiger partial charge < -0.3 is 24.2 Å². The molecule has 0 radical (unpaired) electrons. The number of benzene rings is 3. The lowest BCUT2D eigenvalue weighted by Crippen LogP contribution is -2.47. The van der Waals surface area contributed by atoms with Gasteiger partial charge in [0.2, 0.25) is 11.8 Å². The van der Waals surface area contributed by atoms with E-state index < -0.39 is 11.9 Å². The number of aromatic nitrogens is 4. The number of hydrogen-bond acceptors (Lipinski definition) is 11. The SMILES string of the molecule is CCCN1CCN(CCOc2ccc(Nc3nccc(N(C(=O)Oc4c(C)cccc4C)c4cccc(CCc5nc(C)no5)c4)n3)cc2F)CC1. The van der Waals surface area contributed by atoms with Crippen LogP contribution >= 0.6 is 0 Å². The lowest BCUT2D eigenvalue weighted by atomic mass is 10.1. The van der Waals surface area contributed by atoms with E-state index in [9.17, 15) is 4.79 Å². The van der Waals surface area contributed by atoms with E-state index in [0.717, 1.165) is 62.4 Å². The Bertz CT molecular complexity index is 1940. The summed E-state index contributed by atoms with van der Waals surface area (Å²) in [6.45, 7) is 14.1. The summed E-state index contributed by atoms with van der Waals surface area (Å²) >= 11 is 0. The molecule has 0 spiro atoms. The van der Waals surface area contributed by atoms with Crippen molar-refractivity contribution in [3.05, 3.63) is 107 Å². The van der Waals surface area contributed by atoms with E-state index in [-0.39, 0.29) is 17.5 Å². The highest BCUT2D eigenvalue weighted by molar-refractivity contribution is 5.96. The van der Waals surface area contributed by atoms with Crippen LogP contribution in [0.5, 0.6) is 11.5 Å². The maximum atomic E-state index is 15.2. The zero-order valence-corrected chi connectivity index (χ0v) is 30.1. The summed E-state index contributed by atoms with van der Waals surface area (Å²) in [4.78, 5) is 33.5. The van der Waals surface area contributed by atoms with Crippen LogP contribution in [0.25, 0.3) is 0 Å². The third-order valence-electron chi connectivity index (χ3n) is 8.87. The fourth-order valence-electron chi connectivity index (χ4n) is 6.16. The minimum atomic E-state index is -0.651. The predicted molar refractivity (Wildman–Crippen MR) is 197 cm³/mol. The topological polar surface area (TPSA) is 122 Å². The van der Waals surface area contributed by atoms with Gasteiger partial charge in [0.25, 0.3) is 0 Å². The number of anilines is 4. The van der Waals surface area contributed by atoms with Gasteiger partial charge >= 0.3 is 6.09 Å². The maximum Gasteiger partial charge on any atom is 0.425 e. The molecule has 52 heavy (non-hydrogen) atoms. The first-order chi connectivity index (χ1) is 25.2. The quantitative estimate of drug-likeness (QED) is 0.126. The van der Waals surface area contributed by atoms with E-state index in [1.807, 2.05) is 56.3 Å². The molecule has 0 aliphatic carbocycles. The van der Waals surface area contributed by atoms with Crippen molar-refractivity contribution in [1.29, 1.82) is 0 Å². The number of rotatable bonds is 14. The molecular formula is C39H45FN8O4. The highest BCUT2D eigenvalue weighted by atomic mass is 19.1. The Labute approximate surface area is 303 Å². The largest absolute Gasteiger partial charge is 0.489 e. The van der Waals surface area contributed by atoms with Gasteiger partial charge in [0.1, 0.15) is 18.2 Å². The van der Waals surface area contributed by atoms with E-state index in [1.54, 1.807) is 25.1 Å². The third kappa shape index (κ3) is 9.47. The van der Waals surface area contributed by atoms with E-state index >= 15 is 4.39 Å². The number of aryl methyl sites for hydroxylation is 5. The van der Waals surface area contributed by atoms with Crippen LogP contribution in [0.3, 0.4) is 0 Å². The molecule has 0 saturated carbocycles. The zero-order valence-electron chi connectivity index (χ0n) is 30.1. The first-order valence-electron chi connectivity index (χ1n) is 17.7. The zero-order chi connectivity index (χ0) is 36.5. The second-order valence-corrected chi connectivity index (χ2v) is 12.9. The van der Waals surface area contributed by atoms with E-state index in [4.69, 9.17) is 14.0 Å². The fraction of sp³-hybridized carbons (Fsp3) is 0.359. The van der Waals surface area contributed by atoms with Gasteiger partial charge in [-0.15, -0.1) is 0 Å². The van der Waals surface area contributed by atoms with Crippen molar-refractivity contribution in [2.75, 3.05) is 56.1 Å². The Kier molecular flexibility index (Phi) is 12.0. The second-order valence-electron chi connectivity index (χ2n) is 12.9. The molecule has 12 nitrogen and oxygen atoms in total. The van der Waals surface area contributed by atoms with Crippen molar-refractivity contribution in [3.63, 3.8) is 0 Å². The summed E-state index contributed by atoms with van der Waals surface area (Å²) < 4.78 is 32.2. The standard InChI is InChI=1S/C39H45FN8O4/c1-5-18-46-19-21-47(22-20-46)23-24-50-34-14-13-31(26-33(34)40)43-38-41-17-16-35(44-38)48(39(49)51-37-27(2)8-6-9-28(37)3)32-11-7-10-30(25-32)12-15-36-42-29(4)45-52-36/h6-11,13-14,16-17,25-26H,5,12,15,18-24H2,1-4H3,(H,41,43,44). The maximum absolute atomic E-state index is 15.2. The van der Waals surface area contributed by atoms with Crippen molar-refractivity contribution in [2.24, 2.45) is 0 Å². The molecule has 6 rings (SSSR count). The molecule has 0 unspecified atom stereocenters. The molecule has 5 aromatic rings. The van der Waals surface area contributed by atoms with E-state index in [1.165, 1.54) is 17.2 Å². The predicted octanol–water partition coefficient (Wildman–Crippen LogP) is 7.20. The number of nitrogens with one attached hydrogen (secondary N) is 1. The van der Waals surface area contributed by atoms with Crippen LogP contribution in [-0.4, -0.2) is 81.9 Å². The minimum Gasteiger partial charge on any atom is -0.489 e. The Balaban J connectivity index is 1.17. The highest BCUT2D eigenvalue weighted by Crippen LogP contribution is 2.30. The van der Waals surface area contributed by atoms with Crippen molar-refractivity contribution in [3.8, 4) is 11.5 Å². The van der Waals surface area contributed by atoms with Gasteiger partial charge in [-0.25, -0.2) is 19.1 Å². The Morgan fingerprint density at radius 1 is 0.923 bits per heavy atom. The molecule has 272 valence electrons. The summed E-state index contributed by atoms with van der Waals surface area (Å²) in [5.74, 6) is 1.69. The molecule has 3 aromatic carbocycles. The lowest BCUT2D eigenvalue weighted by molar-refractivity contribution is 0.116. The molecule has 1 fully saturated rings. The molecule has 1 amide bonds. The van der Waals surface area contributed by atoms with Crippen LogP contribution in [0, 0.1) is 26.6 Å². The van der Waals surface area contributed by atoms with Crippen LogP contribution in [0.2, 0.25) is 0 Å². The van der Waals surface area contributed by atoms with Gasteiger partial charge in [0.15, 0.2) is 17.4 Å². The van der Waals surface area contributed by atoms with Gasteiger partial charge in [-0.3, -0.25) is 4.90 Å². The minimum absolute atomic E-state index is 0.167. The summed E-state index contributed by atoms with van der Waals surface area (Å²) in [6.07, 6.45) is 3.18. The molecule has 2 aromatic heterocycles. The van der Waals surface area contributed by atoms with Crippen molar-refractivity contribution >= 4 is 29.2 Å². The number of piperazine rings is 1.